The smallest absolute Gasteiger partial charge is 0.380 e. The maximum absolute atomic E-state index is 14.0. The largest absolute Gasteiger partial charge is 0.418 e. The number of nitrogens with one attached hydrogen (secondary N) is 1. The molecule has 4 aromatic rings. The summed E-state index contributed by atoms with van der Waals surface area (Å²) in [6.45, 7) is 6.10. The van der Waals surface area contributed by atoms with Crippen LogP contribution in [0.4, 0.5) is 18.9 Å². The van der Waals surface area contributed by atoms with Crippen LogP contribution in [-0.2, 0) is 12.6 Å². The molecule has 1 aliphatic rings. The number of carbonyl (C=O) groups excluding carboxylic acids is 1. The first-order chi connectivity index (χ1) is 18.8. The van der Waals surface area contributed by atoms with Gasteiger partial charge in [-0.25, -0.2) is 5.48 Å². The van der Waals surface area contributed by atoms with Gasteiger partial charge in [0.25, 0.3) is 5.91 Å². The normalized spacial score (nSPS) is 13.8. The summed E-state index contributed by atoms with van der Waals surface area (Å²) in [7, 11) is 0. The number of hydrogen-bond donors (Lipinski definition) is 1. The predicted octanol–water partition coefficient (Wildman–Crippen LogP) is 6.17. The second kappa shape index (κ2) is 11.1. The van der Waals surface area contributed by atoms with Crippen LogP contribution in [0.3, 0.4) is 0 Å². The number of halogens is 3. The Morgan fingerprint density at radius 3 is 2.38 bits per heavy atom. The van der Waals surface area contributed by atoms with Gasteiger partial charge in [-0.2, -0.15) is 13.2 Å². The highest BCUT2D eigenvalue weighted by atomic mass is 19.4. The number of aromatic nitrogens is 1. The lowest BCUT2D eigenvalue weighted by Gasteiger charge is -2.37. The maximum Gasteiger partial charge on any atom is 0.418 e. The average molecular weight is 533 g/mol. The molecule has 39 heavy (non-hydrogen) atoms. The number of hydrogen-bond acceptors (Lipinski definition) is 5. The number of para-hydroxylation sites is 1. The fraction of sp³-hybridized carbons (Fsp3) is 0.200. The highest BCUT2D eigenvalue weighted by molar-refractivity contribution is 5.95. The van der Waals surface area contributed by atoms with E-state index in [9.17, 15) is 18.0 Å². The zero-order valence-electron chi connectivity index (χ0n) is 21.1. The predicted molar refractivity (Wildman–Crippen MR) is 144 cm³/mol. The maximum atomic E-state index is 14.0. The van der Waals surface area contributed by atoms with Gasteiger partial charge >= 0.3 is 6.18 Å². The molecule has 1 N–H and O–H groups in total. The monoisotopic (exact) mass is 532 g/mol. The van der Waals surface area contributed by atoms with Crippen LogP contribution >= 0.6 is 0 Å². The summed E-state index contributed by atoms with van der Waals surface area (Å²) in [5, 5.41) is 0.789. The summed E-state index contributed by atoms with van der Waals surface area (Å²) in [6.07, 6.45) is -2.42. The summed E-state index contributed by atoms with van der Waals surface area (Å²) in [4.78, 5) is 26.6. The van der Waals surface area contributed by atoms with Gasteiger partial charge in [-0.1, -0.05) is 55.1 Å². The lowest BCUT2D eigenvalue weighted by Crippen LogP contribution is -2.48. The van der Waals surface area contributed by atoms with E-state index in [-0.39, 0.29) is 17.0 Å². The molecule has 0 bridgehead atoms. The number of rotatable bonds is 7. The van der Waals surface area contributed by atoms with E-state index in [0.717, 1.165) is 22.7 Å². The molecule has 0 spiro atoms. The summed E-state index contributed by atoms with van der Waals surface area (Å²) in [5.41, 5.74) is 3.70. The molecule has 6 nitrogen and oxygen atoms in total. The molecule has 9 heteroatoms. The molecule has 0 atom stereocenters. The van der Waals surface area contributed by atoms with Crippen LogP contribution in [0.2, 0.25) is 0 Å². The Kier molecular flexibility index (Phi) is 7.40. The highest BCUT2D eigenvalue weighted by Crippen LogP contribution is 2.36. The number of piperazine rings is 1. The molecule has 1 aromatic heterocycles. The van der Waals surface area contributed by atoms with Gasteiger partial charge in [0.15, 0.2) is 5.75 Å². The first kappa shape index (κ1) is 26.1. The number of benzene rings is 3. The van der Waals surface area contributed by atoms with Crippen LogP contribution in [0, 0.1) is 0 Å². The van der Waals surface area contributed by atoms with Crippen molar-refractivity contribution in [1.29, 1.82) is 0 Å². The summed E-state index contributed by atoms with van der Waals surface area (Å²) >= 11 is 0. The molecular formula is C30H27F3N4O2. The molecule has 1 amide bonds. The van der Waals surface area contributed by atoms with E-state index < -0.39 is 17.6 Å². The number of fused-ring (bicyclic) bond motifs is 1. The van der Waals surface area contributed by atoms with Crippen LogP contribution in [0.5, 0.6) is 5.75 Å². The average Bonchev–Trinajstić information content (AvgIpc) is 2.95. The van der Waals surface area contributed by atoms with Gasteiger partial charge in [-0.3, -0.25) is 9.78 Å². The Morgan fingerprint density at radius 1 is 0.923 bits per heavy atom. The third-order valence-corrected chi connectivity index (χ3v) is 6.70. The zero-order valence-corrected chi connectivity index (χ0v) is 21.1. The van der Waals surface area contributed by atoms with Crippen LogP contribution in [0.25, 0.3) is 10.9 Å². The van der Waals surface area contributed by atoms with Crippen molar-refractivity contribution in [2.45, 2.75) is 12.6 Å². The zero-order chi connectivity index (χ0) is 27.4. The number of anilines is 1. The molecule has 0 radical (unpaired) electrons. The Morgan fingerprint density at radius 2 is 1.64 bits per heavy atom. The van der Waals surface area contributed by atoms with Gasteiger partial charge in [0, 0.05) is 55.4 Å². The number of allylic oxidation sites excluding steroid dienone is 1. The topological polar surface area (TPSA) is 57.7 Å². The van der Waals surface area contributed by atoms with Gasteiger partial charge < -0.3 is 14.6 Å². The van der Waals surface area contributed by atoms with E-state index in [0.29, 0.717) is 38.1 Å². The molecule has 1 saturated heterocycles. The van der Waals surface area contributed by atoms with Crippen molar-refractivity contribution in [3.05, 3.63) is 114 Å². The minimum atomic E-state index is -4.70. The number of pyridine rings is 1. The Hall–Kier alpha value is -4.53. The standard InChI is InChI=1S/C30H27F3N4O2/c1-21(19-22-7-3-2-4-8-22)36-15-17-37(18-16-36)29(38)24-12-13-26(25(20-24)30(31,32)33)35-39-27-11-5-9-23-10-6-14-34-28(23)27/h2-14,20,35H,1,15-19H2. The Labute approximate surface area is 224 Å². The molecule has 0 unspecified atom stereocenters. The van der Waals surface area contributed by atoms with E-state index >= 15 is 0 Å². The van der Waals surface area contributed by atoms with E-state index in [1.807, 2.05) is 42.5 Å². The summed E-state index contributed by atoms with van der Waals surface area (Å²) < 4.78 is 41.9. The fourth-order valence-corrected chi connectivity index (χ4v) is 4.62. The molecule has 3 aromatic carbocycles. The van der Waals surface area contributed by atoms with Crippen molar-refractivity contribution in [3.8, 4) is 5.75 Å². The quantitative estimate of drug-likeness (QED) is 0.289. The lowest BCUT2D eigenvalue weighted by atomic mass is 10.1. The lowest BCUT2D eigenvalue weighted by molar-refractivity contribution is -0.137. The second-order valence-electron chi connectivity index (χ2n) is 9.30. The van der Waals surface area contributed by atoms with Gasteiger partial charge in [-0.15, -0.1) is 0 Å². The van der Waals surface area contributed by atoms with Gasteiger partial charge in [0.2, 0.25) is 0 Å². The van der Waals surface area contributed by atoms with Gasteiger partial charge in [0.1, 0.15) is 5.52 Å². The molecule has 200 valence electrons. The summed E-state index contributed by atoms with van der Waals surface area (Å²) in [6, 6.07) is 22.2. The SMILES string of the molecule is C=C(Cc1ccccc1)N1CCN(C(=O)c2ccc(NOc3cccc4cccnc34)c(C(F)(F)F)c2)CC1. The number of nitrogens with zero attached hydrogens (tertiary/aromatic N) is 3. The van der Waals surface area contributed by atoms with Crippen molar-refractivity contribution in [2.75, 3.05) is 31.7 Å². The van der Waals surface area contributed by atoms with Crippen molar-refractivity contribution in [1.82, 2.24) is 14.8 Å². The van der Waals surface area contributed by atoms with Crippen LogP contribution in [-0.4, -0.2) is 46.9 Å². The Balaban J connectivity index is 1.26. The molecule has 2 heterocycles. The molecular weight excluding hydrogens is 505 g/mol. The fourth-order valence-electron chi connectivity index (χ4n) is 4.62. The molecule has 0 aliphatic carbocycles. The minimum absolute atomic E-state index is 0.0312. The molecule has 0 saturated carbocycles. The van der Waals surface area contributed by atoms with Gasteiger partial charge in [-0.05, 0) is 35.9 Å². The van der Waals surface area contributed by atoms with Crippen molar-refractivity contribution in [2.24, 2.45) is 0 Å². The number of amides is 1. The van der Waals surface area contributed by atoms with Crippen molar-refractivity contribution < 1.29 is 22.8 Å². The van der Waals surface area contributed by atoms with E-state index in [1.54, 1.807) is 29.3 Å². The first-order valence-corrected chi connectivity index (χ1v) is 12.5. The van der Waals surface area contributed by atoms with Crippen molar-refractivity contribution >= 4 is 22.5 Å². The van der Waals surface area contributed by atoms with Crippen LogP contribution in [0.15, 0.2) is 97.3 Å². The third kappa shape index (κ3) is 5.98. The second-order valence-corrected chi connectivity index (χ2v) is 9.30. The Bertz CT molecular complexity index is 1480. The van der Waals surface area contributed by atoms with E-state index in [4.69, 9.17) is 4.84 Å². The minimum Gasteiger partial charge on any atom is -0.380 e. The van der Waals surface area contributed by atoms with E-state index in [2.05, 4.69) is 21.9 Å². The van der Waals surface area contributed by atoms with Crippen LogP contribution < -0.4 is 10.3 Å². The molecule has 1 aliphatic heterocycles. The van der Waals surface area contributed by atoms with E-state index in [1.165, 1.54) is 12.1 Å². The van der Waals surface area contributed by atoms with Crippen LogP contribution in [0.1, 0.15) is 21.5 Å². The summed E-state index contributed by atoms with van der Waals surface area (Å²) in [5.74, 6) is -0.160. The highest BCUT2D eigenvalue weighted by Gasteiger charge is 2.35. The number of alkyl halides is 3. The molecule has 1 fully saturated rings. The third-order valence-electron chi connectivity index (χ3n) is 6.70. The van der Waals surface area contributed by atoms with Gasteiger partial charge in [0.05, 0.1) is 11.3 Å². The van der Waals surface area contributed by atoms with Crippen molar-refractivity contribution in [3.63, 3.8) is 0 Å². The number of carbonyl (C=O) groups is 1. The molecule has 5 rings (SSSR count). The first-order valence-electron chi connectivity index (χ1n) is 12.5.